The molecular weight excluding hydrogens is 184 g/mol. The van der Waals surface area contributed by atoms with E-state index in [0.717, 1.165) is 12.8 Å². The first-order valence-electron chi connectivity index (χ1n) is 5.80. The molecule has 0 atom stereocenters. The predicted octanol–water partition coefficient (Wildman–Crippen LogP) is 3.30. The second-order valence-electron chi connectivity index (χ2n) is 4.80. The third-order valence-corrected chi connectivity index (χ3v) is 3.01. The van der Waals surface area contributed by atoms with Crippen LogP contribution in [0.15, 0.2) is 24.3 Å². The van der Waals surface area contributed by atoms with Crippen LogP contribution in [0.25, 0.3) is 0 Å². The van der Waals surface area contributed by atoms with Gasteiger partial charge in [0.15, 0.2) is 0 Å². The molecule has 0 aromatic heterocycles. The maximum Gasteiger partial charge on any atom is 0.0439 e. The summed E-state index contributed by atoms with van der Waals surface area (Å²) in [6, 6.07) is 8.80. The van der Waals surface area contributed by atoms with Gasteiger partial charge in [-0.05, 0) is 29.4 Å². The van der Waals surface area contributed by atoms with E-state index < -0.39 is 0 Å². The van der Waals surface area contributed by atoms with Crippen molar-refractivity contribution < 1.29 is 5.11 Å². The molecule has 0 heterocycles. The van der Waals surface area contributed by atoms with E-state index in [4.69, 9.17) is 5.11 Å². The fourth-order valence-electron chi connectivity index (χ4n) is 1.84. The Bertz CT molecular complexity index is 285. The van der Waals surface area contributed by atoms with Gasteiger partial charge < -0.3 is 5.11 Å². The van der Waals surface area contributed by atoms with Crippen molar-refractivity contribution in [2.75, 3.05) is 6.61 Å². The lowest BCUT2D eigenvalue weighted by molar-refractivity contribution is 0.252. The van der Waals surface area contributed by atoms with Crippen LogP contribution in [0.1, 0.15) is 44.7 Å². The van der Waals surface area contributed by atoms with Crippen LogP contribution >= 0.6 is 0 Å². The van der Waals surface area contributed by atoms with Gasteiger partial charge in [-0.1, -0.05) is 51.5 Å². The molecular formula is C14H22O. The maximum absolute atomic E-state index is 9.00. The van der Waals surface area contributed by atoms with Crippen molar-refractivity contribution in [1.82, 2.24) is 0 Å². The highest BCUT2D eigenvalue weighted by molar-refractivity contribution is 5.28. The number of aliphatic hydroxyl groups is 1. The smallest absolute Gasteiger partial charge is 0.0439 e. The largest absolute Gasteiger partial charge is 0.396 e. The Hall–Kier alpha value is -0.820. The lowest BCUT2D eigenvalue weighted by Crippen LogP contribution is -2.18. The zero-order chi connectivity index (χ0) is 11.3. The van der Waals surface area contributed by atoms with Crippen LogP contribution in [0.5, 0.6) is 0 Å². The molecule has 15 heavy (non-hydrogen) atoms. The van der Waals surface area contributed by atoms with E-state index in [2.05, 4.69) is 45.0 Å². The van der Waals surface area contributed by atoms with E-state index in [9.17, 15) is 0 Å². The molecule has 1 N–H and O–H groups in total. The van der Waals surface area contributed by atoms with Gasteiger partial charge >= 0.3 is 0 Å². The molecule has 0 aliphatic heterocycles. The van der Waals surface area contributed by atoms with Crippen molar-refractivity contribution in [2.24, 2.45) is 0 Å². The van der Waals surface area contributed by atoms with Crippen molar-refractivity contribution in [2.45, 2.75) is 45.4 Å². The molecule has 0 radical (unpaired) electrons. The lowest BCUT2D eigenvalue weighted by Gasteiger charge is -2.24. The highest BCUT2D eigenvalue weighted by Crippen LogP contribution is 2.26. The Morgan fingerprint density at radius 1 is 1.13 bits per heavy atom. The average Bonchev–Trinajstić information content (AvgIpc) is 2.19. The van der Waals surface area contributed by atoms with Crippen LogP contribution in [-0.2, 0) is 11.8 Å². The molecule has 0 aliphatic carbocycles. The second-order valence-corrected chi connectivity index (χ2v) is 4.80. The van der Waals surface area contributed by atoms with E-state index in [1.807, 2.05) is 0 Å². The molecule has 0 bridgehead atoms. The molecule has 0 aliphatic rings. The predicted molar refractivity (Wildman–Crippen MR) is 65.2 cm³/mol. The first-order valence-corrected chi connectivity index (χ1v) is 5.80. The number of hydrogen-bond acceptors (Lipinski definition) is 1. The molecule has 0 saturated heterocycles. The molecule has 84 valence electrons. The molecule has 0 unspecified atom stereocenters. The van der Waals surface area contributed by atoms with Gasteiger partial charge in [0.25, 0.3) is 0 Å². The van der Waals surface area contributed by atoms with Crippen molar-refractivity contribution in [3.63, 3.8) is 0 Å². The number of benzene rings is 1. The summed E-state index contributed by atoms with van der Waals surface area (Å²) >= 11 is 0. The molecule has 1 aromatic carbocycles. The van der Waals surface area contributed by atoms with Gasteiger partial charge in [0, 0.05) is 6.61 Å². The molecule has 1 nitrogen and oxygen atoms in total. The van der Waals surface area contributed by atoms with Crippen LogP contribution < -0.4 is 0 Å². The zero-order valence-corrected chi connectivity index (χ0v) is 10.1. The highest BCUT2D eigenvalue weighted by atomic mass is 16.3. The summed E-state index contributed by atoms with van der Waals surface area (Å²) in [5, 5.41) is 9.00. The summed E-state index contributed by atoms with van der Waals surface area (Å²) < 4.78 is 0. The van der Waals surface area contributed by atoms with Gasteiger partial charge in [-0.3, -0.25) is 0 Å². The third kappa shape index (κ3) is 3.35. The second kappa shape index (κ2) is 5.32. The highest BCUT2D eigenvalue weighted by Gasteiger charge is 2.19. The fraction of sp³-hybridized carbons (Fsp3) is 0.571. The fourth-order valence-corrected chi connectivity index (χ4v) is 1.84. The molecule has 1 aromatic rings. The van der Waals surface area contributed by atoms with E-state index in [0.29, 0.717) is 0 Å². The Morgan fingerprint density at radius 2 is 1.73 bits per heavy atom. The number of aryl methyl sites for hydroxylation is 1. The van der Waals surface area contributed by atoms with Crippen LogP contribution in [0.4, 0.5) is 0 Å². The summed E-state index contributed by atoms with van der Waals surface area (Å²) in [5.74, 6) is 0. The minimum absolute atomic E-state index is 0.0828. The Labute approximate surface area is 93.1 Å². The number of aliphatic hydroxyl groups excluding tert-OH is 1. The normalized spacial score (nSPS) is 11.7. The summed E-state index contributed by atoms with van der Waals surface area (Å²) in [6.45, 7) is 6.81. The van der Waals surface area contributed by atoms with E-state index in [1.54, 1.807) is 0 Å². The SMILES string of the molecule is CCCc1ccc(C(C)(C)CCO)cc1. The molecule has 1 rings (SSSR count). The van der Waals surface area contributed by atoms with Crippen LogP contribution in [0, 0.1) is 0 Å². The van der Waals surface area contributed by atoms with Gasteiger partial charge in [-0.2, -0.15) is 0 Å². The Kier molecular flexibility index (Phi) is 4.34. The summed E-state index contributed by atoms with van der Waals surface area (Å²) in [4.78, 5) is 0. The van der Waals surface area contributed by atoms with Gasteiger partial charge in [0.1, 0.15) is 0 Å². The molecule has 0 amide bonds. The zero-order valence-electron chi connectivity index (χ0n) is 10.1. The van der Waals surface area contributed by atoms with Crippen molar-refractivity contribution in [3.05, 3.63) is 35.4 Å². The average molecular weight is 206 g/mol. The standard InChI is InChI=1S/C14H22O/c1-4-5-12-6-8-13(9-7-12)14(2,3)10-11-15/h6-9,15H,4-5,10-11H2,1-3H3. The molecule has 1 heteroatoms. The Balaban J connectivity index is 2.78. The lowest BCUT2D eigenvalue weighted by atomic mass is 9.81. The van der Waals surface area contributed by atoms with E-state index in [-0.39, 0.29) is 12.0 Å². The van der Waals surface area contributed by atoms with Crippen LogP contribution in [0.3, 0.4) is 0 Å². The van der Waals surface area contributed by atoms with Crippen molar-refractivity contribution in [1.29, 1.82) is 0 Å². The van der Waals surface area contributed by atoms with Crippen LogP contribution in [0.2, 0.25) is 0 Å². The monoisotopic (exact) mass is 206 g/mol. The number of rotatable bonds is 5. The minimum atomic E-state index is 0.0828. The third-order valence-electron chi connectivity index (χ3n) is 3.01. The van der Waals surface area contributed by atoms with Crippen molar-refractivity contribution in [3.8, 4) is 0 Å². The van der Waals surface area contributed by atoms with E-state index >= 15 is 0 Å². The van der Waals surface area contributed by atoms with Crippen LogP contribution in [-0.4, -0.2) is 11.7 Å². The number of hydrogen-bond donors (Lipinski definition) is 1. The minimum Gasteiger partial charge on any atom is -0.396 e. The summed E-state index contributed by atoms with van der Waals surface area (Å²) in [7, 11) is 0. The summed E-state index contributed by atoms with van der Waals surface area (Å²) in [5.41, 5.74) is 2.80. The van der Waals surface area contributed by atoms with E-state index in [1.165, 1.54) is 17.5 Å². The van der Waals surface area contributed by atoms with Gasteiger partial charge in [-0.25, -0.2) is 0 Å². The topological polar surface area (TPSA) is 20.2 Å². The quantitative estimate of drug-likeness (QED) is 0.783. The maximum atomic E-state index is 9.00. The van der Waals surface area contributed by atoms with Gasteiger partial charge in [-0.15, -0.1) is 0 Å². The molecule has 0 fully saturated rings. The molecule has 0 saturated carbocycles. The first-order chi connectivity index (χ1) is 7.10. The van der Waals surface area contributed by atoms with Gasteiger partial charge in [0.05, 0.1) is 0 Å². The van der Waals surface area contributed by atoms with Gasteiger partial charge in [0.2, 0.25) is 0 Å². The first kappa shape index (κ1) is 12.3. The summed E-state index contributed by atoms with van der Waals surface area (Å²) in [6.07, 6.45) is 3.17. The molecule has 0 spiro atoms. The van der Waals surface area contributed by atoms with Crippen molar-refractivity contribution >= 4 is 0 Å². The Morgan fingerprint density at radius 3 is 2.20 bits per heavy atom.